The Morgan fingerprint density at radius 1 is 1.36 bits per heavy atom. The van der Waals surface area contributed by atoms with Crippen molar-refractivity contribution in [3.8, 4) is 0 Å². The minimum absolute atomic E-state index is 0.183. The third kappa shape index (κ3) is 3.46. The molecule has 3 heteroatoms. The molecule has 1 nitrogen and oxygen atoms in total. The molecular weight excluding hydrogens is 161 g/mol. The van der Waals surface area contributed by atoms with Gasteiger partial charge in [0.1, 0.15) is 0 Å². The zero-order chi connectivity index (χ0) is 7.94. The van der Waals surface area contributed by atoms with Crippen molar-refractivity contribution in [2.45, 2.75) is 25.7 Å². The number of alkyl halides is 1. The molecule has 0 radical (unpaired) electrons. The monoisotopic (exact) mass is 173 g/mol. The van der Waals surface area contributed by atoms with Gasteiger partial charge in [-0.05, 0) is 19.3 Å². The van der Waals surface area contributed by atoms with Gasteiger partial charge in [-0.15, -0.1) is 11.3 Å². The number of nitrogens with zero attached hydrogens (tertiary/aromatic N) is 1. The summed E-state index contributed by atoms with van der Waals surface area (Å²) in [4.78, 5) is 4.14. The SMILES string of the molecule is FCCCCCc1nccs1. The zero-order valence-corrected chi connectivity index (χ0v) is 7.24. The molecule has 1 aromatic rings. The van der Waals surface area contributed by atoms with E-state index >= 15 is 0 Å². The Balaban J connectivity index is 2.04. The van der Waals surface area contributed by atoms with E-state index in [9.17, 15) is 4.39 Å². The summed E-state index contributed by atoms with van der Waals surface area (Å²) in [7, 11) is 0. The van der Waals surface area contributed by atoms with Crippen LogP contribution in [0.1, 0.15) is 24.3 Å². The minimum atomic E-state index is -0.183. The molecule has 0 fully saturated rings. The first-order chi connectivity index (χ1) is 5.43. The van der Waals surface area contributed by atoms with Crippen molar-refractivity contribution < 1.29 is 4.39 Å². The molecule has 1 rings (SSSR count). The van der Waals surface area contributed by atoms with Crippen LogP contribution in [0.25, 0.3) is 0 Å². The standard InChI is InChI=1S/C8H12FNS/c9-5-3-1-2-4-8-10-6-7-11-8/h6-7H,1-5H2. The molecule has 0 saturated carbocycles. The van der Waals surface area contributed by atoms with Crippen molar-refractivity contribution in [3.63, 3.8) is 0 Å². The fraction of sp³-hybridized carbons (Fsp3) is 0.625. The van der Waals surface area contributed by atoms with Crippen molar-refractivity contribution in [2.75, 3.05) is 6.67 Å². The van der Waals surface area contributed by atoms with E-state index in [0.717, 1.165) is 19.3 Å². The molecule has 0 aliphatic rings. The Kier molecular flexibility index (Phi) is 4.12. The maximum Gasteiger partial charge on any atom is 0.0924 e. The molecule has 0 unspecified atom stereocenters. The first-order valence-electron chi connectivity index (χ1n) is 3.88. The van der Waals surface area contributed by atoms with Gasteiger partial charge in [0.25, 0.3) is 0 Å². The Morgan fingerprint density at radius 3 is 2.91 bits per heavy atom. The van der Waals surface area contributed by atoms with Gasteiger partial charge >= 0.3 is 0 Å². The number of aromatic nitrogens is 1. The van der Waals surface area contributed by atoms with Gasteiger partial charge in [-0.2, -0.15) is 0 Å². The van der Waals surface area contributed by atoms with E-state index in [1.165, 1.54) is 5.01 Å². The fourth-order valence-electron chi connectivity index (χ4n) is 0.924. The number of halogens is 1. The summed E-state index contributed by atoms with van der Waals surface area (Å²) < 4.78 is 11.6. The van der Waals surface area contributed by atoms with Crippen LogP contribution in [-0.2, 0) is 6.42 Å². The molecule has 0 bridgehead atoms. The summed E-state index contributed by atoms with van der Waals surface area (Å²) in [6.45, 7) is -0.183. The lowest BCUT2D eigenvalue weighted by Crippen LogP contribution is -1.84. The first kappa shape index (κ1) is 8.65. The molecule has 0 spiro atoms. The molecular formula is C8H12FNS. The second-order valence-corrected chi connectivity index (χ2v) is 3.40. The Morgan fingerprint density at radius 2 is 2.27 bits per heavy atom. The molecule has 0 atom stereocenters. The average molecular weight is 173 g/mol. The summed E-state index contributed by atoms with van der Waals surface area (Å²) in [6, 6.07) is 0. The fourth-order valence-corrected chi connectivity index (χ4v) is 1.59. The highest BCUT2D eigenvalue weighted by Crippen LogP contribution is 2.08. The minimum Gasteiger partial charge on any atom is -0.251 e. The normalized spacial score (nSPS) is 10.3. The van der Waals surface area contributed by atoms with E-state index < -0.39 is 0 Å². The number of aryl methyl sites for hydroxylation is 1. The quantitative estimate of drug-likeness (QED) is 0.624. The van der Waals surface area contributed by atoms with Crippen LogP contribution in [0.15, 0.2) is 11.6 Å². The first-order valence-corrected chi connectivity index (χ1v) is 4.76. The van der Waals surface area contributed by atoms with Gasteiger partial charge in [-0.3, -0.25) is 4.39 Å². The van der Waals surface area contributed by atoms with Crippen LogP contribution in [-0.4, -0.2) is 11.7 Å². The lowest BCUT2D eigenvalue weighted by atomic mass is 10.2. The number of rotatable bonds is 5. The number of unbranched alkanes of at least 4 members (excludes halogenated alkanes) is 2. The number of hydrogen-bond donors (Lipinski definition) is 0. The molecule has 0 amide bonds. The summed E-state index contributed by atoms with van der Waals surface area (Å²) in [6.07, 6.45) is 5.58. The smallest absolute Gasteiger partial charge is 0.0924 e. The second-order valence-electron chi connectivity index (χ2n) is 2.43. The van der Waals surface area contributed by atoms with Crippen LogP contribution < -0.4 is 0 Å². The average Bonchev–Trinajstić information content (AvgIpc) is 2.50. The maximum atomic E-state index is 11.6. The topological polar surface area (TPSA) is 12.9 Å². The third-order valence-electron chi connectivity index (χ3n) is 1.51. The molecule has 0 N–H and O–H groups in total. The van der Waals surface area contributed by atoms with E-state index in [4.69, 9.17) is 0 Å². The van der Waals surface area contributed by atoms with Gasteiger partial charge in [0.05, 0.1) is 11.7 Å². The van der Waals surface area contributed by atoms with Crippen LogP contribution in [0.4, 0.5) is 4.39 Å². The summed E-state index contributed by atoms with van der Waals surface area (Å²) >= 11 is 1.68. The van der Waals surface area contributed by atoms with Crippen LogP contribution in [0.5, 0.6) is 0 Å². The van der Waals surface area contributed by atoms with Gasteiger partial charge in [-0.1, -0.05) is 6.42 Å². The molecule has 0 saturated heterocycles. The van der Waals surface area contributed by atoms with Crippen molar-refractivity contribution >= 4 is 11.3 Å². The molecule has 0 aliphatic carbocycles. The summed E-state index contributed by atoms with van der Waals surface area (Å²) in [5.74, 6) is 0. The second kappa shape index (κ2) is 5.24. The highest BCUT2D eigenvalue weighted by Gasteiger charge is 1.94. The van der Waals surface area contributed by atoms with Crippen LogP contribution in [0.3, 0.4) is 0 Å². The van der Waals surface area contributed by atoms with Crippen molar-refractivity contribution in [1.29, 1.82) is 0 Å². The van der Waals surface area contributed by atoms with Crippen molar-refractivity contribution in [2.24, 2.45) is 0 Å². The number of hydrogen-bond acceptors (Lipinski definition) is 2. The lowest BCUT2D eigenvalue weighted by molar-refractivity contribution is 0.456. The van der Waals surface area contributed by atoms with E-state index in [0.29, 0.717) is 6.42 Å². The summed E-state index contributed by atoms with van der Waals surface area (Å²) in [5.41, 5.74) is 0. The Bertz CT molecular complexity index is 174. The van der Waals surface area contributed by atoms with Gasteiger partial charge < -0.3 is 0 Å². The number of thiazole rings is 1. The van der Waals surface area contributed by atoms with Gasteiger partial charge in [0, 0.05) is 11.6 Å². The zero-order valence-electron chi connectivity index (χ0n) is 6.42. The highest BCUT2D eigenvalue weighted by atomic mass is 32.1. The molecule has 11 heavy (non-hydrogen) atoms. The van der Waals surface area contributed by atoms with Crippen molar-refractivity contribution in [1.82, 2.24) is 4.98 Å². The molecule has 1 heterocycles. The Hall–Kier alpha value is -0.440. The molecule has 1 aromatic heterocycles. The summed E-state index contributed by atoms with van der Waals surface area (Å²) in [5, 5.41) is 3.15. The Labute approximate surface area is 70.3 Å². The van der Waals surface area contributed by atoms with Crippen LogP contribution >= 0.6 is 11.3 Å². The van der Waals surface area contributed by atoms with Gasteiger partial charge in [0.15, 0.2) is 0 Å². The van der Waals surface area contributed by atoms with Crippen LogP contribution in [0.2, 0.25) is 0 Å². The van der Waals surface area contributed by atoms with Crippen molar-refractivity contribution in [3.05, 3.63) is 16.6 Å². The van der Waals surface area contributed by atoms with E-state index in [-0.39, 0.29) is 6.67 Å². The predicted octanol–water partition coefficient (Wildman–Crippen LogP) is 2.83. The molecule has 62 valence electrons. The van der Waals surface area contributed by atoms with Crippen LogP contribution in [0, 0.1) is 0 Å². The largest absolute Gasteiger partial charge is 0.251 e. The van der Waals surface area contributed by atoms with E-state index in [2.05, 4.69) is 4.98 Å². The molecule has 0 aromatic carbocycles. The van der Waals surface area contributed by atoms with E-state index in [1.54, 1.807) is 11.3 Å². The van der Waals surface area contributed by atoms with Gasteiger partial charge in [0.2, 0.25) is 0 Å². The maximum absolute atomic E-state index is 11.6. The lowest BCUT2D eigenvalue weighted by Gasteiger charge is -1.93. The molecule has 0 aliphatic heterocycles. The van der Waals surface area contributed by atoms with E-state index in [1.807, 2.05) is 11.6 Å². The predicted molar refractivity (Wildman–Crippen MR) is 45.6 cm³/mol. The third-order valence-corrected chi connectivity index (χ3v) is 2.35. The highest BCUT2D eigenvalue weighted by molar-refractivity contribution is 7.09. The van der Waals surface area contributed by atoms with Gasteiger partial charge in [-0.25, -0.2) is 4.98 Å².